The highest BCUT2D eigenvalue weighted by Gasteiger charge is 2.18. The maximum atomic E-state index is 12.6. The molecule has 0 fully saturated rings. The Kier molecular flexibility index (Phi) is 5.69. The van der Waals surface area contributed by atoms with Crippen LogP contribution in [0.3, 0.4) is 0 Å². The van der Waals surface area contributed by atoms with Gasteiger partial charge in [-0.1, -0.05) is 12.1 Å². The van der Waals surface area contributed by atoms with E-state index in [1.165, 1.54) is 31.8 Å². The Morgan fingerprint density at radius 1 is 1.33 bits per heavy atom. The number of benzene rings is 1. The standard InChI is InChI=1S/C22H24N2OS2/c1-26-18-7-8-20-19(14-18)17(15-23-20)4-2-6-22(25)24-11-9-16(10-12-24)21-5-3-13-27-21/h3,5,7-9,13-15,23H,2,4,6,10-12H2,1H3. The molecule has 0 unspecified atom stereocenters. The minimum atomic E-state index is 0.279. The number of carbonyl (C=O) groups excluding carboxylic acids is 1. The van der Waals surface area contributed by atoms with Gasteiger partial charge in [0.25, 0.3) is 0 Å². The lowest BCUT2D eigenvalue weighted by atomic mass is 10.0. The highest BCUT2D eigenvalue weighted by molar-refractivity contribution is 7.98. The second-order valence-electron chi connectivity index (χ2n) is 6.88. The molecule has 0 bridgehead atoms. The van der Waals surface area contributed by atoms with Gasteiger partial charge in [-0.25, -0.2) is 0 Å². The number of hydrogen-bond acceptors (Lipinski definition) is 3. The molecule has 0 aliphatic carbocycles. The molecule has 1 aromatic carbocycles. The number of aromatic amines is 1. The molecule has 0 radical (unpaired) electrons. The summed E-state index contributed by atoms with van der Waals surface area (Å²) in [6.07, 6.45) is 9.83. The number of H-pyrrole nitrogens is 1. The van der Waals surface area contributed by atoms with Gasteiger partial charge in [0.1, 0.15) is 0 Å². The highest BCUT2D eigenvalue weighted by Crippen LogP contribution is 2.27. The van der Waals surface area contributed by atoms with E-state index in [4.69, 9.17) is 0 Å². The van der Waals surface area contributed by atoms with Crippen LogP contribution in [-0.4, -0.2) is 35.1 Å². The van der Waals surface area contributed by atoms with E-state index in [1.807, 2.05) is 4.90 Å². The lowest BCUT2D eigenvalue weighted by Crippen LogP contribution is -2.34. The Hall–Kier alpha value is -1.98. The second kappa shape index (κ2) is 8.36. The first-order chi connectivity index (χ1) is 13.2. The number of hydrogen-bond donors (Lipinski definition) is 1. The van der Waals surface area contributed by atoms with Crippen LogP contribution in [0.1, 0.15) is 29.7 Å². The summed E-state index contributed by atoms with van der Waals surface area (Å²) in [5.74, 6) is 0.279. The molecule has 0 spiro atoms. The normalized spacial score (nSPS) is 14.6. The van der Waals surface area contributed by atoms with E-state index in [0.29, 0.717) is 6.42 Å². The smallest absolute Gasteiger partial charge is 0.222 e. The maximum absolute atomic E-state index is 12.6. The summed E-state index contributed by atoms with van der Waals surface area (Å²) in [5.41, 5.74) is 3.88. The van der Waals surface area contributed by atoms with Crippen molar-refractivity contribution < 1.29 is 4.79 Å². The molecular weight excluding hydrogens is 372 g/mol. The predicted octanol–water partition coefficient (Wildman–Crippen LogP) is 5.59. The number of nitrogens with one attached hydrogen (secondary N) is 1. The van der Waals surface area contributed by atoms with Crippen molar-refractivity contribution in [3.8, 4) is 0 Å². The number of thioether (sulfide) groups is 1. The topological polar surface area (TPSA) is 36.1 Å². The van der Waals surface area contributed by atoms with E-state index in [-0.39, 0.29) is 5.91 Å². The molecule has 1 N–H and O–H groups in total. The predicted molar refractivity (Wildman–Crippen MR) is 117 cm³/mol. The fourth-order valence-electron chi connectivity index (χ4n) is 3.66. The molecular formula is C22H24N2OS2. The third kappa shape index (κ3) is 4.14. The summed E-state index contributed by atoms with van der Waals surface area (Å²) in [6.45, 7) is 1.59. The molecule has 1 aliphatic rings. The average molecular weight is 397 g/mol. The van der Waals surface area contributed by atoms with Crippen molar-refractivity contribution in [2.75, 3.05) is 19.3 Å². The quantitative estimate of drug-likeness (QED) is 0.551. The first-order valence-electron chi connectivity index (χ1n) is 9.39. The number of thiophene rings is 1. The van der Waals surface area contributed by atoms with Gasteiger partial charge in [-0.05, 0) is 66.3 Å². The summed E-state index contributed by atoms with van der Waals surface area (Å²) in [6, 6.07) is 10.8. The van der Waals surface area contributed by atoms with Crippen molar-refractivity contribution in [3.63, 3.8) is 0 Å². The van der Waals surface area contributed by atoms with Gasteiger partial charge in [-0.3, -0.25) is 4.79 Å². The van der Waals surface area contributed by atoms with Gasteiger partial charge >= 0.3 is 0 Å². The zero-order valence-corrected chi connectivity index (χ0v) is 17.2. The van der Waals surface area contributed by atoms with Crippen LogP contribution in [0, 0.1) is 0 Å². The molecule has 140 valence electrons. The van der Waals surface area contributed by atoms with Crippen LogP contribution in [0.2, 0.25) is 0 Å². The van der Waals surface area contributed by atoms with E-state index in [0.717, 1.165) is 32.4 Å². The van der Waals surface area contributed by atoms with E-state index >= 15 is 0 Å². The first kappa shape index (κ1) is 18.4. The number of rotatable bonds is 6. The molecule has 0 atom stereocenters. The van der Waals surface area contributed by atoms with Crippen molar-refractivity contribution in [1.29, 1.82) is 0 Å². The summed E-state index contributed by atoms with van der Waals surface area (Å²) in [5, 5.41) is 3.40. The van der Waals surface area contributed by atoms with E-state index in [9.17, 15) is 4.79 Å². The molecule has 0 saturated carbocycles. The fraction of sp³-hybridized carbons (Fsp3) is 0.318. The molecule has 3 nitrogen and oxygen atoms in total. The van der Waals surface area contributed by atoms with Crippen LogP contribution >= 0.6 is 23.1 Å². The van der Waals surface area contributed by atoms with Crippen molar-refractivity contribution in [3.05, 3.63) is 58.4 Å². The van der Waals surface area contributed by atoms with Gasteiger partial charge in [-0.2, -0.15) is 0 Å². The van der Waals surface area contributed by atoms with Gasteiger partial charge in [-0.15, -0.1) is 23.1 Å². The molecule has 3 aromatic rings. The summed E-state index contributed by atoms with van der Waals surface area (Å²) in [7, 11) is 0. The zero-order chi connectivity index (χ0) is 18.6. The van der Waals surface area contributed by atoms with E-state index in [1.54, 1.807) is 23.1 Å². The molecule has 0 saturated heterocycles. The van der Waals surface area contributed by atoms with Gasteiger partial charge in [0.15, 0.2) is 0 Å². The van der Waals surface area contributed by atoms with E-state index < -0.39 is 0 Å². The van der Waals surface area contributed by atoms with Crippen LogP contribution in [0.25, 0.3) is 16.5 Å². The van der Waals surface area contributed by atoms with Gasteiger partial charge in [0.05, 0.1) is 0 Å². The molecule has 2 aromatic heterocycles. The average Bonchev–Trinajstić information content (AvgIpc) is 3.38. The molecule has 4 rings (SSSR count). The van der Waals surface area contributed by atoms with Crippen LogP contribution in [0.4, 0.5) is 0 Å². The van der Waals surface area contributed by atoms with Gasteiger partial charge < -0.3 is 9.88 Å². The molecule has 1 aliphatic heterocycles. The Bertz CT molecular complexity index is 956. The Labute approximate surface area is 168 Å². The molecule has 1 amide bonds. The first-order valence-corrected chi connectivity index (χ1v) is 11.5. The number of aryl methyl sites for hydroxylation is 1. The minimum Gasteiger partial charge on any atom is -0.361 e. The van der Waals surface area contributed by atoms with Crippen molar-refractivity contribution in [1.82, 2.24) is 9.88 Å². The Balaban J connectivity index is 1.31. The number of aromatic nitrogens is 1. The maximum Gasteiger partial charge on any atom is 0.222 e. The van der Waals surface area contributed by atoms with Crippen molar-refractivity contribution in [2.45, 2.75) is 30.6 Å². The third-order valence-electron chi connectivity index (χ3n) is 5.21. The third-order valence-corrected chi connectivity index (χ3v) is 6.88. The minimum absolute atomic E-state index is 0.279. The molecule has 27 heavy (non-hydrogen) atoms. The number of amides is 1. The largest absolute Gasteiger partial charge is 0.361 e. The fourth-order valence-corrected chi connectivity index (χ4v) is 4.90. The SMILES string of the molecule is CSc1ccc2[nH]cc(CCCC(=O)N3CC=C(c4cccs4)CC3)c2c1. The Morgan fingerprint density at radius 2 is 2.26 bits per heavy atom. The molecule has 5 heteroatoms. The van der Waals surface area contributed by atoms with Crippen LogP contribution in [-0.2, 0) is 11.2 Å². The lowest BCUT2D eigenvalue weighted by Gasteiger charge is -2.26. The summed E-state index contributed by atoms with van der Waals surface area (Å²) < 4.78 is 0. The lowest BCUT2D eigenvalue weighted by molar-refractivity contribution is -0.130. The second-order valence-corrected chi connectivity index (χ2v) is 8.70. The van der Waals surface area contributed by atoms with Crippen LogP contribution in [0.5, 0.6) is 0 Å². The number of fused-ring (bicyclic) bond motifs is 1. The Morgan fingerprint density at radius 3 is 3.00 bits per heavy atom. The van der Waals surface area contributed by atoms with Crippen molar-refractivity contribution >= 4 is 45.5 Å². The van der Waals surface area contributed by atoms with Gasteiger partial charge in [0.2, 0.25) is 5.91 Å². The zero-order valence-electron chi connectivity index (χ0n) is 15.5. The van der Waals surface area contributed by atoms with Crippen molar-refractivity contribution in [2.24, 2.45) is 0 Å². The summed E-state index contributed by atoms with van der Waals surface area (Å²) >= 11 is 3.54. The highest BCUT2D eigenvalue weighted by atomic mass is 32.2. The number of nitrogens with zero attached hydrogens (tertiary/aromatic N) is 1. The van der Waals surface area contributed by atoms with Crippen LogP contribution in [0.15, 0.2) is 52.9 Å². The van der Waals surface area contributed by atoms with E-state index in [2.05, 4.69) is 59.2 Å². The number of carbonyl (C=O) groups is 1. The van der Waals surface area contributed by atoms with Crippen LogP contribution < -0.4 is 0 Å². The summed E-state index contributed by atoms with van der Waals surface area (Å²) in [4.78, 5) is 20.5. The molecule has 3 heterocycles. The monoisotopic (exact) mass is 396 g/mol. The van der Waals surface area contributed by atoms with Gasteiger partial charge in [0, 0.05) is 46.4 Å².